The maximum absolute atomic E-state index is 11.8. The summed E-state index contributed by atoms with van der Waals surface area (Å²) < 4.78 is 9.97. The molecule has 86 valence electrons. The van der Waals surface area contributed by atoms with Crippen molar-refractivity contribution in [3.05, 3.63) is 35.3 Å². The van der Waals surface area contributed by atoms with Crippen molar-refractivity contribution in [1.82, 2.24) is 0 Å². The van der Waals surface area contributed by atoms with Gasteiger partial charge in [-0.1, -0.05) is 12.2 Å². The van der Waals surface area contributed by atoms with Gasteiger partial charge < -0.3 is 9.47 Å². The summed E-state index contributed by atoms with van der Waals surface area (Å²) in [4.78, 5) is 23.2. The highest BCUT2D eigenvalue weighted by atomic mass is 16.5. The van der Waals surface area contributed by atoms with Gasteiger partial charge in [0.25, 0.3) is 0 Å². The van der Waals surface area contributed by atoms with Crippen molar-refractivity contribution < 1.29 is 19.1 Å². The predicted octanol–water partition coefficient (Wildman–Crippen LogP) is 1.88. The Balaban J connectivity index is 2.92. The van der Waals surface area contributed by atoms with Gasteiger partial charge in [0.1, 0.15) is 11.3 Å². The van der Waals surface area contributed by atoms with Gasteiger partial charge in [-0.25, -0.2) is 4.79 Å². The summed E-state index contributed by atoms with van der Waals surface area (Å²) in [6.45, 7) is 5.31. The van der Waals surface area contributed by atoms with E-state index in [2.05, 4.69) is 0 Å². The second-order valence-corrected chi connectivity index (χ2v) is 3.14. The number of Topliss-reactive ketones (excluding diaryl/α,β-unsaturated/α-hetero) is 1. The lowest BCUT2D eigenvalue weighted by Crippen LogP contribution is -2.14. The van der Waals surface area contributed by atoms with E-state index in [-0.39, 0.29) is 17.9 Å². The molecule has 4 heteroatoms. The number of hydrogen-bond acceptors (Lipinski definition) is 4. The number of carbonyl (C=O) groups excluding carboxylic acids is 2. The van der Waals surface area contributed by atoms with Crippen molar-refractivity contribution in [2.75, 3.05) is 6.61 Å². The Bertz CT molecular complexity index is 399. The third-order valence-corrected chi connectivity index (χ3v) is 1.99. The molecule has 0 bridgehead atoms. The Labute approximate surface area is 94.2 Å². The Morgan fingerprint density at radius 3 is 2.75 bits per heavy atom. The van der Waals surface area contributed by atoms with Gasteiger partial charge in [0.05, 0.1) is 6.61 Å². The van der Waals surface area contributed by atoms with E-state index in [1.165, 1.54) is 6.08 Å². The van der Waals surface area contributed by atoms with E-state index in [9.17, 15) is 9.59 Å². The standard InChI is InChI=1S/C12H14O4/c1-4-6-7-9-11(13)10(8(3)16-9)12(14)15-5-2/h4,6-7H,5H2,1-3H3/b6-4+,9-7+. The van der Waals surface area contributed by atoms with Crippen LogP contribution < -0.4 is 0 Å². The van der Waals surface area contributed by atoms with Crippen LogP contribution in [0.5, 0.6) is 0 Å². The van der Waals surface area contributed by atoms with Crippen LogP contribution in [-0.4, -0.2) is 18.4 Å². The summed E-state index contributed by atoms with van der Waals surface area (Å²) in [5.74, 6) is -0.610. The molecule has 16 heavy (non-hydrogen) atoms. The van der Waals surface area contributed by atoms with Crippen LogP contribution in [0.1, 0.15) is 20.8 Å². The number of rotatable bonds is 3. The second kappa shape index (κ2) is 5.30. The molecule has 0 saturated carbocycles. The largest absolute Gasteiger partial charge is 0.462 e. The van der Waals surface area contributed by atoms with Crippen LogP contribution in [0, 0.1) is 0 Å². The van der Waals surface area contributed by atoms with Crippen LogP contribution in [0.25, 0.3) is 0 Å². The summed E-state index contributed by atoms with van der Waals surface area (Å²) in [6, 6.07) is 0. The van der Waals surface area contributed by atoms with Crippen molar-refractivity contribution in [3.63, 3.8) is 0 Å². The lowest BCUT2D eigenvalue weighted by atomic mass is 10.1. The summed E-state index contributed by atoms with van der Waals surface area (Å²) >= 11 is 0. The number of allylic oxidation sites excluding steroid dienone is 5. The van der Waals surface area contributed by atoms with Crippen molar-refractivity contribution >= 4 is 11.8 Å². The van der Waals surface area contributed by atoms with Crippen molar-refractivity contribution in [2.24, 2.45) is 0 Å². The van der Waals surface area contributed by atoms with Crippen LogP contribution >= 0.6 is 0 Å². The molecule has 0 aliphatic carbocycles. The Hall–Kier alpha value is -1.84. The maximum Gasteiger partial charge on any atom is 0.345 e. The molecule has 0 fully saturated rings. The lowest BCUT2D eigenvalue weighted by molar-refractivity contribution is -0.139. The number of hydrogen-bond donors (Lipinski definition) is 0. The maximum atomic E-state index is 11.8. The zero-order valence-electron chi connectivity index (χ0n) is 9.57. The Kier molecular flexibility index (Phi) is 4.05. The zero-order chi connectivity index (χ0) is 12.1. The molecule has 1 aliphatic heterocycles. The summed E-state index contributed by atoms with van der Waals surface area (Å²) in [6.07, 6.45) is 4.97. The first-order valence-electron chi connectivity index (χ1n) is 5.05. The van der Waals surface area contributed by atoms with Crippen molar-refractivity contribution in [2.45, 2.75) is 20.8 Å². The SMILES string of the molecule is C/C=C/C=C1/OC(C)=C(C(=O)OCC)C1=O. The monoisotopic (exact) mass is 222 g/mol. The Morgan fingerprint density at radius 2 is 2.19 bits per heavy atom. The molecule has 0 radical (unpaired) electrons. The predicted molar refractivity (Wildman–Crippen MR) is 58.3 cm³/mol. The van der Waals surface area contributed by atoms with E-state index in [1.807, 2.05) is 6.92 Å². The van der Waals surface area contributed by atoms with E-state index in [0.717, 1.165) is 0 Å². The topological polar surface area (TPSA) is 52.6 Å². The molecule has 0 aromatic rings. The van der Waals surface area contributed by atoms with E-state index < -0.39 is 11.8 Å². The zero-order valence-corrected chi connectivity index (χ0v) is 9.57. The average Bonchev–Trinajstić information content (AvgIpc) is 2.51. The van der Waals surface area contributed by atoms with Crippen LogP contribution in [0.4, 0.5) is 0 Å². The molecule has 0 saturated heterocycles. The van der Waals surface area contributed by atoms with Crippen LogP contribution in [0.2, 0.25) is 0 Å². The Morgan fingerprint density at radius 1 is 1.50 bits per heavy atom. The fourth-order valence-electron chi connectivity index (χ4n) is 1.28. The first-order valence-corrected chi connectivity index (χ1v) is 5.05. The molecule has 1 rings (SSSR count). The summed E-state index contributed by atoms with van der Waals surface area (Å²) in [7, 11) is 0. The molecule has 0 spiro atoms. The molecule has 1 heterocycles. The van der Waals surface area contributed by atoms with Gasteiger partial charge in [0, 0.05) is 0 Å². The minimum absolute atomic E-state index is 0.0161. The van der Waals surface area contributed by atoms with Gasteiger partial charge in [-0.15, -0.1) is 0 Å². The first-order chi connectivity index (χ1) is 7.61. The molecule has 0 aromatic carbocycles. The molecule has 0 unspecified atom stereocenters. The molecule has 0 atom stereocenters. The van der Waals surface area contributed by atoms with E-state index in [4.69, 9.17) is 9.47 Å². The smallest absolute Gasteiger partial charge is 0.345 e. The average molecular weight is 222 g/mol. The highest BCUT2D eigenvalue weighted by Gasteiger charge is 2.33. The fraction of sp³-hybridized carbons (Fsp3) is 0.333. The number of carbonyl (C=O) groups is 2. The highest BCUT2D eigenvalue weighted by Crippen LogP contribution is 2.25. The van der Waals surface area contributed by atoms with Gasteiger partial charge in [-0.05, 0) is 26.8 Å². The number of esters is 1. The summed E-state index contributed by atoms with van der Waals surface area (Å²) in [5.41, 5.74) is -0.0161. The number of ketones is 1. The van der Waals surface area contributed by atoms with Gasteiger partial charge >= 0.3 is 5.97 Å². The molecule has 0 amide bonds. The molecule has 0 aromatic heterocycles. The lowest BCUT2D eigenvalue weighted by Gasteiger charge is -1.99. The normalized spacial score (nSPS) is 18.4. The molecular formula is C12H14O4. The number of ether oxygens (including phenoxy) is 2. The second-order valence-electron chi connectivity index (χ2n) is 3.14. The van der Waals surface area contributed by atoms with Crippen LogP contribution in [-0.2, 0) is 19.1 Å². The minimum atomic E-state index is -0.631. The van der Waals surface area contributed by atoms with Crippen molar-refractivity contribution in [3.8, 4) is 0 Å². The first kappa shape index (κ1) is 12.2. The quantitative estimate of drug-likeness (QED) is 0.415. The van der Waals surface area contributed by atoms with Gasteiger partial charge in [-0.3, -0.25) is 4.79 Å². The third kappa shape index (κ3) is 2.39. The molecular weight excluding hydrogens is 208 g/mol. The van der Waals surface area contributed by atoms with Crippen LogP contribution in [0.15, 0.2) is 35.3 Å². The van der Waals surface area contributed by atoms with Gasteiger partial charge in [0.15, 0.2) is 5.76 Å². The third-order valence-electron chi connectivity index (χ3n) is 1.99. The molecule has 1 aliphatic rings. The highest BCUT2D eigenvalue weighted by molar-refractivity contribution is 6.25. The van der Waals surface area contributed by atoms with Crippen molar-refractivity contribution in [1.29, 1.82) is 0 Å². The molecule has 0 N–H and O–H groups in total. The minimum Gasteiger partial charge on any atom is -0.462 e. The molecule has 4 nitrogen and oxygen atoms in total. The van der Waals surface area contributed by atoms with E-state index >= 15 is 0 Å². The van der Waals surface area contributed by atoms with Crippen LogP contribution in [0.3, 0.4) is 0 Å². The van der Waals surface area contributed by atoms with E-state index in [1.54, 1.807) is 26.0 Å². The fourth-order valence-corrected chi connectivity index (χ4v) is 1.28. The van der Waals surface area contributed by atoms with E-state index in [0.29, 0.717) is 5.76 Å². The summed E-state index contributed by atoms with van der Waals surface area (Å²) in [5, 5.41) is 0. The van der Waals surface area contributed by atoms with Gasteiger partial charge in [-0.2, -0.15) is 0 Å². The van der Waals surface area contributed by atoms with Gasteiger partial charge in [0.2, 0.25) is 5.78 Å².